The standard InChI is InChI=1S/C21H27N3O4S/c1-22-29(26,27)20(24-19(25)17-10-6-7-11-18(17)28-2)21(12-14-23-15-13-21)16-8-4-3-5-9-16/h3-11,20,22-23H,12-15H2,1-2H3,(H,24,25). The van der Waals surface area contributed by atoms with Crippen LogP contribution >= 0.6 is 0 Å². The number of nitrogens with one attached hydrogen (secondary N) is 3. The lowest BCUT2D eigenvalue weighted by Crippen LogP contribution is -2.60. The van der Waals surface area contributed by atoms with E-state index in [4.69, 9.17) is 4.74 Å². The summed E-state index contributed by atoms with van der Waals surface area (Å²) in [7, 11) is -0.989. The molecule has 0 spiro atoms. The number of rotatable bonds is 7. The van der Waals surface area contributed by atoms with Crippen molar-refractivity contribution in [2.24, 2.45) is 0 Å². The van der Waals surface area contributed by atoms with Gasteiger partial charge in [-0.15, -0.1) is 0 Å². The Hall–Kier alpha value is -2.42. The molecule has 1 fully saturated rings. The van der Waals surface area contributed by atoms with Crippen LogP contribution in [0.15, 0.2) is 54.6 Å². The van der Waals surface area contributed by atoms with Gasteiger partial charge >= 0.3 is 0 Å². The number of amides is 1. The molecule has 0 aliphatic carbocycles. The fourth-order valence-corrected chi connectivity index (χ4v) is 5.47. The highest BCUT2D eigenvalue weighted by molar-refractivity contribution is 7.90. The Morgan fingerprint density at radius 2 is 1.69 bits per heavy atom. The van der Waals surface area contributed by atoms with Gasteiger partial charge in [-0.3, -0.25) is 4.79 Å². The zero-order valence-electron chi connectivity index (χ0n) is 16.6. The Labute approximate surface area is 171 Å². The van der Waals surface area contributed by atoms with Crippen molar-refractivity contribution in [2.45, 2.75) is 23.6 Å². The van der Waals surface area contributed by atoms with Gasteiger partial charge in [0.15, 0.2) is 5.37 Å². The van der Waals surface area contributed by atoms with Gasteiger partial charge in [0.1, 0.15) is 5.75 Å². The molecule has 2 aromatic rings. The van der Waals surface area contributed by atoms with Gasteiger partial charge in [-0.05, 0) is 50.7 Å². The van der Waals surface area contributed by atoms with E-state index in [1.807, 2.05) is 30.3 Å². The van der Waals surface area contributed by atoms with E-state index < -0.39 is 26.7 Å². The summed E-state index contributed by atoms with van der Waals surface area (Å²) in [5.74, 6) is -0.0928. The van der Waals surface area contributed by atoms with Crippen LogP contribution in [0.1, 0.15) is 28.8 Å². The maximum Gasteiger partial charge on any atom is 0.256 e. The Kier molecular flexibility index (Phi) is 6.56. The maximum atomic E-state index is 13.1. The van der Waals surface area contributed by atoms with Crippen LogP contribution in [0.3, 0.4) is 0 Å². The molecule has 0 saturated carbocycles. The summed E-state index contributed by atoms with van der Waals surface area (Å²) < 4.78 is 33.9. The van der Waals surface area contributed by atoms with E-state index >= 15 is 0 Å². The number of para-hydroxylation sites is 1. The third kappa shape index (κ3) is 4.29. The number of hydrogen-bond donors (Lipinski definition) is 3. The average Bonchev–Trinajstić information content (AvgIpc) is 2.78. The first-order valence-electron chi connectivity index (χ1n) is 9.57. The number of piperidine rings is 1. The number of carbonyl (C=O) groups is 1. The van der Waals surface area contributed by atoms with Crippen LogP contribution in [0.5, 0.6) is 5.75 Å². The van der Waals surface area contributed by atoms with E-state index in [-0.39, 0.29) is 0 Å². The second-order valence-corrected chi connectivity index (χ2v) is 9.04. The van der Waals surface area contributed by atoms with Crippen LogP contribution in [0.25, 0.3) is 0 Å². The minimum Gasteiger partial charge on any atom is -0.496 e. The molecule has 8 heteroatoms. The molecule has 1 aliphatic rings. The highest BCUT2D eigenvalue weighted by Crippen LogP contribution is 2.39. The average molecular weight is 418 g/mol. The highest BCUT2D eigenvalue weighted by atomic mass is 32.2. The minimum atomic E-state index is -3.84. The topological polar surface area (TPSA) is 96.5 Å². The molecule has 0 bridgehead atoms. The van der Waals surface area contributed by atoms with Gasteiger partial charge in [0.05, 0.1) is 12.7 Å². The van der Waals surface area contributed by atoms with Gasteiger partial charge in [-0.25, -0.2) is 13.1 Å². The highest BCUT2D eigenvalue weighted by Gasteiger charge is 2.48. The van der Waals surface area contributed by atoms with Gasteiger partial charge in [-0.2, -0.15) is 0 Å². The van der Waals surface area contributed by atoms with Crippen molar-refractivity contribution in [3.05, 3.63) is 65.7 Å². The predicted molar refractivity (Wildman–Crippen MR) is 112 cm³/mol. The molecule has 3 N–H and O–H groups in total. The lowest BCUT2D eigenvalue weighted by molar-refractivity contribution is 0.0922. The van der Waals surface area contributed by atoms with E-state index in [2.05, 4.69) is 15.4 Å². The molecule has 2 aromatic carbocycles. The molecular weight excluding hydrogens is 390 g/mol. The molecule has 1 unspecified atom stereocenters. The minimum absolute atomic E-state index is 0.295. The monoisotopic (exact) mass is 417 g/mol. The molecule has 0 radical (unpaired) electrons. The number of sulfonamides is 1. The van der Waals surface area contributed by atoms with Crippen LogP contribution in [-0.2, 0) is 15.4 Å². The second-order valence-electron chi connectivity index (χ2n) is 7.08. The lowest BCUT2D eigenvalue weighted by Gasteiger charge is -2.43. The molecule has 1 saturated heterocycles. The van der Waals surface area contributed by atoms with Crippen molar-refractivity contribution in [3.8, 4) is 5.75 Å². The van der Waals surface area contributed by atoms with Crippen molar-refractivity contribution in [2.75, 3.05) is 27.2 Å². The normalized spacial score (nSPS) is 17.3. The summed E-state index contributed by atoms with van der Waals surface area (Å²) in [6.07, 6.45) is 1.16. The number of carbonyl (C=O) groups excluding carboxylic acids is 1. The van der Waals surface area contributed by atoms with Crippen LogP contribution in [0, 0.1) is 0 Å². The van der Waals surface area contributed by atoms with E-state index in [1.54, 1.807) is 24.3 Å². The van der Waals surface area contributed by atoms with Crippen LogP contribution in [0.4, 0.5) is 0 Å². The smallest absolute Gasteiger partial charge is 0.256 e. The molecule has 156 valence electrons. The number of hydrogen-bond acceptors (Lipinski definition) is 5. The Bertz CT molecular complexity index is 941. The van der Waals surface area contributed by atoms with E-state index in [9.17, 15) is 13.2 Å². The fourth-order valence-electron chi connectivity index (χ4n) is 4.00. The fraction of sp³-hybridized carbons (Fsp3) is 0.381. The summed E-state index contributed by atoms with van der Waals surface area (Å²) >= 11 is 0. The van der Waals surface area contributed by atoms with Crippen LogP contribution in [0.2, 0.25) is 0 Å². The summed E-state index contributed by atoms with van der Waals surface area (Å²) in [6.45, 7) is 1.32. The molecule has 3 rings (SSSR count). The Morgan fingerprint density at radius 1 is 1.07 bits per heavy atom. The van der Waals surface area contributed by atoms with Gasteiger partial charge in [0.25, 0.3) is 5.91 Å². The number of ether oxygens (including phenoxy) is 1. The summed E-state index contributed by atoms with van der Waals surface area (Å²) in [5, 5.41) is 4.96. The van der Waals surface area contributed by atoms with Crippen LogP contribution in [-0.4, -0.2) is 46.9 Å². The van der Waals surface area contributed by atoms with Gasteiger partial charge in [-0.1, -0.05) is 42.5 Å². The second kappa shape index (κ2) is 8.94. The first-order valence-corrected chi connectivity index (χ1v) is 11.1. The molecule has 1 aliphatic heterocycles. The predicted octanol–water partition coefficient (Wildman–Crippen LogP) is 1.62. The first-order chi connectivity index (χ1) is 13.9. The van der Waals surface area contributed by atoms with Crippen molar-refractivity contribution >= 4 is 15.9 Å². The third-order valence-corrected chi connectivity index (χ3v) is 7.31. The molecule has 1 atom stereocenters. The molecule has 7 nitrogen and oxygen atoms in total. The van der Waals surface area contributed by atoms with Gasteiger partial charge < -0.3 is 15.4 Å². The first kappa shape index (κ1) is 21.3. The molecule has 29 heavy (non-hydrogen) atoms. The SMILES string of the molecule is CNS(=O)(=O)C(NC(=O)c1ccccc1OC)C1(c2ccccc2)CCNCC1. The largest absolute Gasteiger partial charge is 0.496 e. The van der Waals surface area contributed by atoms with Gasteiger partial charge in [0.2, 0.25) is 10.0 Å². The van der Waals surface area contributed by atoms with E-state index in [1.165, 1.54) is 14.2 Å². The summed E-state index contributed by atoms with van der Waals surface area (Å²) in [4.78, 5) is 13.1. The van der Waals surface area contributed by atoms with Crippen LogP contribution < -0.4 is 20.1 Å². The molecule has 1 heterocycles. The van der Waals surface area contributed by atoms with Crippen molar-refractivity contribution in [1.29, 1.82) is 0 Å². The van der Waals surface area contributed by atoms with E-state index in [0.29, 0.717) is 37.2 Å². The summed E-state index contributed by atoms with van der Waals surface area (Å²) in [5.41, 5.74) is 0.431. The number of methoxy groups -OCH3 is 1. The zero-order valence-corrected chi connectivity index (χ0v) is 17.5. The molecule has 1 amide bonds. The zero-order chi connectivity index (χ0) is 20.9. The van der Waals surface area contributed by atoms with Crippen molar-refractivity contribution < 1.29 is 17.9 Å². The third-order valence-electron chi connectivity index (χ3n) is 5.55. The van der Waals surface area contributed by atoms with Crippen molar-refractivity contribution in [3.63, 3.8) is 0 Å². The quantitative estimate of drug-likeness (QED) is 0.636. The van der Waals surface area contributed by atoms with Crippen molar-refractivity contribution in [1.82, 2.24) is 15.4 Å². The number of benzene rings is 2. The van der Waals surface area contributed by atoms with Gasteiger partial charge in [0, 0.05) is 5.41 Å². The lowest BCUT2D eigenvalue weighted by atomic mass is 9.72. The van der Waals surface area contributed by atoms with E-state index in [0.717, 1.165) is 5.56 Å². The molecule has 0 aromatic heterocycles. The maximum absolute atomic E-state index is 13.1. The Balaban J connectivity index is 2.08. The Morgan fingerprint density at radius 3 is 2.31 bits per heavy atom. The molecular formula is C21H27N3O4S. The summed E-state index contributed by atoms with van der Waals surface area (Å²) in [6, 6.07) is 16.3.